The Labute approximate surface area is 519 Å². The maximum Gasteiger partial charge on any atom is 0.252 e. The molecule has 11 aromatic carbocycles. The van der Waals surface area contributed by atoms with Crippen molar-refractivity contribution >= 4 is 118 Å². The molecule has 13 aromatic rings. The van der Waals surface area contributed by atoms with Crippen LogP contribution in [0.25, 0.3) is 55.0 Å². The van der Waals surface area contributed by atoms with Gasteiger partial charge in [0.25, 0.3) is 6.71 Å². The molecule has 2 aliphatic heterocycles. The number of hydrogen-bond donors (Lipinski definition) is 0. The molecule has 0 spiro atoms. The van der Waals surface area contributed by atoms with Crippen molar-refractivity contribution < 1.29 is 0 Å². The molecule has 0 N–H and O–H groups in total. The minimum absolute atomic E-state index is 0.0152. The molecule has 88 heavy (non-hydrogen) atoms. The third-order valence-electron chi connectivity index (χ3n) is 18.9. The number of fused-ring (bicyclic) bond motifs is 11. The van der Waals surface area contributed by atoms with E-state index in [1.54, 1.807) is 0 Å². The van der Waals surface area contributed by atoms with Crippen molar-refractivity contribution in [2.45, 2.75) is 105 Å². The first-order valence-corrected chi connectivity index (χ1v) is 31.5. The molecule has 0 saturated heterocycles. The molecule has 0 aliphatic carbocycles. The van der Waals surface area contributed by atoms with Crippen LogP contribution < -0.4 is 31.1 Å². The van der Waals surface area contributed by atoms with E-state index in [-0.39, 0.29) is 28.4 Å². The van der Waals surface area contributed by atoms with Crippen LogP contribution in [0.5, 0.6) is 0 Å². The molecule has 15 rings (SSSR count). The van der Waals surface area contributed by atoms with E-state index in [0.29, 0.717) is 0 Å². The highest BCUT2D eigenvalue weighted by molar-refractivity contribution is 7.00. The van der Waals surface area contributed by atoms with E-state index in [2.05, 4.69) is 350 Å². The lowest BCUT2D eigenvalue weighted by Gasteiger charge is -2.45. The zero-order chi connectivity index (χ0) is 60.8. The second-order valence-corrected chi connectivity index (χ2v) is 28.7. The lowest BCUT2D eigenvalue weighted by molar-refractivity contribution is 0.590. The summed E-state index contributed by atoms with van der Waals surface area (Å²) >= 11 is 0. The van der Waals surface area contributed by atoms with Gasteiger partial charge >= 0.3 is 0 Å². The molecule has 0 saturated carbocycles. The summed E-state index contributed by atoms with van der Waals surface area (Å²) in [5.74, 6) is 0. The standard InChI is InChI=1S/C82H76BN5/c1-79(2,3)53-31-37-60(38-32-53)85-72-47-35-55(81(7,8)9)49-68(72)83-69-50-56(82(10,11)12)36-48-73(69)86(61-39-33-54(34-40-61)80(4,5)6)75-52-63(51-74(85)76(75)83)88-71-30-22-20-28-65(71)67-46-45-66-64-27-19-21-29-70(64)87(77(66)78(67)88)62-43-41-59(42-44-62)84(57-23-15-13-16-24-57)58-25-17-14-18-26-58/h13-52H,1-12H3. The number of benzene rings is 11. The van der Waals surface area contributed by atoms with Crippen molar-refractivity contribution in [1.29, 1.82) is 0 Å². The largest absolute Gasteiger partial charge is 0.311 e. The summed E-state index contributed by atoms with van der Waals surface area (Å²) in [6.07, 6.45) is 0. The molecule has 2 aliphatic rings. The van der Waals surface area contributed by atoms with E-state index < -0.39 is 0 Å². The molecule has 0 atom stereocenters. The maximum atomic E-state index is 2.60. The van der Waals surface area contributed by atoms with Crippen molar-refractivity contribution in [3.63, 3.8) is 0 Å². The summed E-state index contributed by atoms with van der Waals surface area (Å²) in [5, 5.41) is 4.84. The fourth-order valence-electron chi connectivity index (χ4n) is 14.2. The smallest absolute Gasteiger partial charge is 0.252 e. The highest BCUT2D eigenvalue weighted by atomic mass is 15.2. The Kier molecular flexibility index (Phi) is 12.5. The Morgan fingerprint density at radius 3 is 1.05 bits per heavy atom. The summed E-state index contributed by atoms with van der Waals surface area (Å²) in [4.78, 5) is 7.54. The Morgan fingerprint density at radius 2 is 0.636 bits per heavy atom. The minimum atomic E-state index is -0.0795. The zero-order valence-corrected chi connectivity index (χ0v) is 52.9. The second-order valence-electron chi connectivity index (χ2n) is 28.7. The summed E-state index contributed by atoms with van der Waals surface area (Å²) in [7, 11) is 0. The van der Waals surface area contributed by atoms with Crippen molar-refractivity contribution in [2.24, 2.45) is 0 Å². The fourth-order valence-corrected chi connectivity index (χ4v) is 14.2. The lowest BCUT2D eigenvalue weighted by atomic mass is 9.33. The summed E-state index contributed by atoms with van der Waals surface area (Å²) in [6.45, 7) is 27.9. The molecule has 0 bridgehead atoms. The van der Waals surface area contributed by atoms with Crippen LogP contribution in [-0.2, 0) is 21.7 Å². The topological polar surface area (TPSA) is 19.6 Å². The molecular formula is C82H76BN5. The monoisotopic (exact) mass is 1140 g/mol. The van der Waals surface area contributed by atoms with E-state index >= 15 is 0 Å². The predicted octanol–water partition coefficient (Wildman–Crippen LogP) is 20.6. The third kappa shape index (κ3) is 8.88. The van der Waals surface area contributed by atoms with Gasteiger partial charge in [-0.1, -0.05) is 217 Å². The predicted molar refractivity (Wildman–Crippen MR) is 379 cm³/mol. The number of nitrogens with zero attached hydrogens (tertiary/aromatic N) is 5. The van der Waals surface area contributed by atoms with Crippen LogP contribution in [-0.4, -0.2) is 15.8 Å². The molecule has 432 valence electrons. The van der Waals surface area contributed by atoms with Gasteiger partial charge in [0, 0.05) is 78.4 Å². The van der Waals surface area contributed by atoms with E-state index in [9.17, 15) is 0 Å². The Bertz CT molecular complexity index is 4680. The quantitative estimate of drug-likeness (QED) is 0.148. The van der Waals surface area contributed by atoms with Crippen LogP contribution >= 0.6 is 0 Å². The van der Waals surface area contributed by atoms with Gasteiger partial charge in [-0.25, -0.2) is 0 Å². The summed E-state index contributed by atoms with van der Waals surface area (Å²) in [6, 6.07) is 92.0. The van der Waals surface area contributed by atoms with Gasteiger partial charge in [-0.05, 0) is 169 Å². The minimum Gasteiger partial charge on any atom is -0.311 e. The molecule has 0 unspecified atom stereocenters. The molecule has 4 heterocycles. The number of aromatic nitrogens is 2. The van der Waals surface area contributed by atoms with Crippen LogP contribution in [0.3, 0.4) is 0 Å². The summed E-state index contributed by atoms with van der Waals surface area (Å²) in [5.41, 5.74) is 26.2. The average molecular weight is 1140 g/mol. The normalized spacial score (nSPS) is 13.4. The summed E-state index contributed by atoms with van der Waals surface area (Å²) < 4.78 is 5.13. The average Bonchev–Trinajstić information content (AvgIpc) is 1.05. The van der Waals surface area contributed by atoms with Crippen molar-refractivity contribution in [1.82, 2.24) is 9.13 Å². The van der Waals surface area contributed by atoms with Gasteiger partial charge in [0.2, 0.25) is 0 Å². The van der Waals surface area contributed by atoms with E-state index in [1.807, 2.05) is 0 Å². The Morgan fingerprint density at radius 1 is 0.284 bits per heavy atom. The van der Waals surface area contributed by atoms with E-state index in [4.69, 9.17) is 0 Å². The molecule has 0 fully saturated rings. The molecule has 0 radical (unpaired) electrons. The first-order valence-electron chi connectivity index (χ1n) is 31.5. The van der Waals surface area contributed by atoms with Gasteiger partial charge in [-0.3, -0.25) is 0 Å². The SMILES string of the molecule is CC(C)(C)c1ccc(N2c3ccc(C(C)(C)C)cc3B3c4cc(C(C)(C)C)ccc4N(c4ccc(C(C)(C)C)cc4)c4cc(-n5c6ccccc6c6ccc7c8ccccc8n(-c8ccc(N(c9ccccc9)c9ccccc9)cc8)c7c65)cc2c43)cc1. The Balaban J connectivity index is 1.06. The van der Waals surface area contributed by atoms with Crippen LogP contribution in [0.1, 0.15) is 105 Å². The second kappa shape index (κ2) is 20.0. The van der Waals surface area contributed by atoms with Gasteiger partial charge in [-0.2, -0.15) is 0 Å². The van der Waals surface area contributed by atoms with Gasteiger partial charge in [-0.15, -0.1) is 0 Å². The molecule has 0 amide bonds. The lowest BCUT2D eigenvalue weighted by Crippen LogP contribution is -2.61. The molecule has 2 aromatic heterocycles. The molecule has 6 heteroatoms. The maximum absolute atomic E-state index is 2.60. The van der Waals surface area contributed by atoms with Crippen molar-refractivity contribution in [3.05, 3.63) is 265 Å². The fraction of sp³-hybridized carbons (Fsp3) is 0.195. The van der Waals surface area contributed by atoms with Gasteiger partial charge in [0.15, 0.2) is 0 Å². The van der Waals surface area contributed by atoms with Gasteiger partial charge < -0.3 is 23.8 Å². The molecule has 5 nitrogen and oxygen atoms in total. The van der Waals surface area contributed by atoms with Gasteiger partial charge in [0.1, 0.15) is 0 Å². The van der Waals surface area contributed by atoms with Crippen LogP contribution in [0.2, 0.25) is 0 Å². The highest BCUT2D eigenvalue weighted by Gasteiger charge is 2.45. The molecular weight excluding hydrogens is 1070 g/mol. The third-order valence-corrected chi connectivity index (χ3v) is 18.9. The van der Waals surface area contributed by atoms with Crippen LogP contribution in [0.15, 0.2) is 243 Å². The highest BCUT2D eigenvalue weighted by Crippen LogP contribution is 2.49. The first-order chi connectivity index (χ1) is 42.2. The van der Waals surface area contributed by atoms with Crippen molar-refractivity contribution in [3.8, 4) is 11.4 Å². The van der Waals surface area contributed by atoms with Crippen molar-refractivity contribution in [2.75, 3.05) is 14.7 Å². The number of anilines is 9. The zero-order valence-electron chi connectivity index (χ0n) is 52.9. The number of rotatable bonds is 7. The number of hydrogen-bond acceptors (Lipinski definition) is 3. The Hall–Kier alpha value is -9.52. The van der Waals surface area contributed by atoms with Gasteiger partial charge in [0.05, 0.1) is 27.8 Å². The van der Waals surface area contributed by atoms with Crippen LogP contribution in [0.4, 0.5) is 51.2 Å². The number of para-hydroxylation sites is 4. The van der Waals surface area contributed by atoms with E-state index in [0.717, 1.165) is 56.4 Å². The first kappa shape index (κ1) is 55.1. The van der Waals surface area contributed by atoms with Crippen LogP contribution in [0, 0.1) is 0 Å². The van der Waals surface area contributed by atoms with E-state index in [1.165, 1.54) is 88.5 Å².